The maximum absolute atomic E-state index is 12.7. The van der Waals surface area contributed by atoms with Gasteiger partial charge < -0.3 is 11.1 Å². The van der Waals surface area contributed by atoms with Gasteiger partial charge in [0.2, 0.25) is 5.91 Å². The first kappa shape index (κ1) is 18.8. The van der Waals surface area contributed by atoms with Gasteiger partial charge in [-0.15, -0.1) is 16.4 Å². The molecular weight excluding hydrogens is 386 g/mol. The molecule has 29 heavy (non-hydrogen) atoms. The van der Waals surface area contributed by atoms with Gasteiger partial charge in [0.05, 0.1) is 11.1 Å². The van der Waals surface area contributed by atoms with Gasteiger partial charge in [0, 0.05) is 4.88 Å². The van der Waals surface area contributed by atoms with Crippen LogP contribution in [0.4, 0.5) is 5.00 Å². The van der Waals surface area contributed by atoms with Crippen LogP contribution in [0.5, 0.6) is 0 Å². The number of rotatable bonds is 5. The van der Waals surface area contributed by atoms with Crippen LogP contribution in [0.2, 0.25) is 0 Å². The third-order valence-electron chi connectivity index (χ3n) is 4.73. The number of benzene rings is 2. The van der Waals surface area contributed by atoms with Crippen LogP contribution in [-0.4, -0.2) is 26.8 Å². The van der Waals surface area contributed by atoms with Crippen LogP contribution in [0, 0.1) is 13.8 Å². The highest BCUT2D eigenvalue weighted by atomic mass is 32.1. The Labute approximate surface area is 171 Å². The molecule has 0 saturated carbocycles. The molecule has 146 valence electrons. The number of thiophene rings is 1. The Balaban J connectivity index is 1.59. The molecule has 0 atom stereocenters. The molecule has 0 unspecified atom stereocenters. The Hall–Kier alpha value is -3.52. The minimum atomic E-state index is -0.587. The van der Waals surface area contributed by atoms with Gasteiger partial charge in [-0.2, -0.15) is 0 Å². The van der Waals surface area contributed by atoms with Gasteiger partial charge in [-0.3, -0.25) is 9.59 Å². The van der Waals surface area contributed by atoms with E-state index in [4.69, 9.17) is 5.73 Å². The number of aromatic nitrogens is 3. The predicted octanol–water partition coefficient (Wildman–Crippen LogP) is 3.51. The van der Waals surface area contributed by atoms with Crippen molar-refractivity contribution in [3.05, 3.63) is 65.2 Å². The molecule has 0 aliphatic heterocycles. The van der Waals surface area contributed by atoms with E-state index < -0.39 is 5.91 Å². The maximum atomic E-state index is 12.7. The van der Waals surface area contributed by atoms with E-state index >= 15 is 0 Å². The van der Waals surface area contributed by atoms with E-state index in [9.17, 15) is 9.59 Å². The van der Waals surface area contributed by atoms with Crippen LogP contribution >= 0.6 is 11.3 Å². The predicted molar refractivity (Wildman–Crippen MR) is 114 cm³/mol. The van der Waals surface area contributed by atoms with Crippen molar-refractivity contribution in [2.24, 2.45) is 5.73 Å². The van der Waals surface area contributed by atoms with Gasteiger partial charge in [0.15, 0.2) is 0 Å². The molecule has 0 bridgehead atoms. The summed E-state index contributed by atoms with van der Waals surface area (Å²) in [5, 5.41) is 11.4. The molecule has 0 saturated heterocycles. The van der Waals surface area contributed by atoms with E-state index in [1.165, 1.54) is 11.3 Å². The molecule has 0 spiro atoms. The molecule has 0 fully saturated rings. The monoisotopic (exact) mass is 405 g/mol. The summed E-state index contributed by atoms with van der Waals surface area (Å²) in [6, 6.07) is 15.2. The van der Waals surface area contributed by atoms with Gasteiger partial charge >= 0.3 is 0 Å². The summed E-state index contributed by atoms with van der Waals surface area (Å²) in [7, 11) is 0. The number of anilines is 1. The van der Waals surface area contributed by atoms with E-state index in [0.29, 0.717) is 5.00 Å². The molecule has 4 aromatic rings. The summed E-state index contributed by atoms with van der Waals surface area (Å²) >= 11 is 1.31. The molecule has 2 amide bonds. The number of nitrogens with two attached hydrogens (primary N) is 1. The van der Waals surface area contributed by atoms with Crippen LogP contribution < -0.4 is 11.1 Å². The van der Waals surface area contributed by atoms with Crippen molar-refractivity contribution >= 4 is 39.2 Å². The first-order valence-electron chi connectivity index (χ1n) is 9.01. The highest BCUT2D eigenvalue weighted by molar-refractivity contribution is 7.20. The lowest BCUT2D eigenvalue weighted by Crippen LogP contribution is -2.21. The standard InChI is InChI=1S/C21H19N5O2S/c1-12-8-16-17(9-13(12)2)26(25-24-16)11-19(27)23-21-15(20(22)28)10-18(29-21)14-6-4-3-5-7-14/h3-10H,11H2,1-2H3,(H2,22,28)(H,23,27). The van der Waals surface area contributed by atoms with Crippen LogP contribution in [0.15, 0.2) is 48.5 Å². The Kier molecular flexibility index (Phi) is 4.85. The second-order valence-corrected chi connectivity index (χ2v) is 7.86. The van der Waals surface area contributed by atoms with E-state index in [1.807, 2.05) is 56.3 Å². The largest absolute Gasteiger partial charge is 0.366 e. The number of hydrogen-bond acceptors (Lipinski definition) is 5. The van der Waals surface area contributed by atoms with Crippen molar-refractivity contribution < 1.29 is 9.59 Å². The molecule has 0 aliphatic rings. The van der Waals surface area contributed by atoms with E-state index in [-0.39, 0.29) is 18.0 Å². The summed E-state index contributed by atoms with van der Waals surface area (Å²) in [5.74, 6) is -0.893. The van der Waals surface area contributed by atoms with Crippen molar-refractivity contribution in [2.45, 2.75) is 20.4 Å². The van der Waals surface area contributed by atoms with Crippen molar-refractivity contribution in [1.82, 2.24) is 15.0 Å². The highest BCUT2D eigenvalue weighted by Gasteiger charge is 2.18. The third kappa shape index (κ3) is 3.74. The molecule has 8 heteroatoms. The minimum absolute atomic E-state index is 0.0181. The summed E-state index contributed by atoms with van der Waals surface area (Å²) in [6.45, 7) is 3.99. The quantitative estimate of drug-likeness (QED) is 0.530. The average molecular weight is 405 g/mol. The lowest BCUT2D eigenvalue weighted by atomic mass is 10.1. The van der Waals surface area contributed by atoms with Gasteiger partial charge in [-0.05, 0) is 48.7 Å². The fraction of sp³-hybridized carbons (Fsp3) is 0.143. The molecule has 0 aliphatic carbocycles. The minimum Gasteiger partial charge on any atom is -0.366 e. The number of carbonyl (C=O) groups excluding carboxylic acids is 2. The molecule has 2 heterocycles. The summed E-state index contributed by atoms with van der Waals surface area (Å²) in [5.41, 5.74) is 10.5. The van der Waals surface area contributed by atoms with Gasteiger partial charge in [0.25, 0.3) is 5.91 Å². The van der Waals surface area contributed by atoms with Crippen LogP contribution in [0.1, 0.15) is 21.5 Å². The number of hydrogen-bond donors (Lipinski definition) is 2. The maximum Gasteiger partial charge on any atom is 0.251 e. The molecule has 3 N–H and O–H groups in total. The summed E-state index contributed by atoms with van der Waals surface area (Å²) in [4.78, 5) is 25.4. The zero-order valence-electron chi connectivity index (χ0n) is 16.0. The number of amides is 2. The number of carbonyl (C=O) groups is 2. The normalized spacial score (nSPS) is 11.0. The molecular formula is C21H19N5O2S. The van der Waals surface area contributed by atoms with Gasteiger partial charge in [0.1, 0.15) is 17.1 Å². The lowest BCUT2D eigenvalue weighted by Gasteiger charge is -2.06. The van der Waals surface area contributed by atoms with Crippen LogP contribution in [0.25, 0.3) is 21.5 Å². The SMILES string of the molecule is Cc1cc2nnn(CC(=O)Nc3sc(-c4ccccc4)cc3C(N)=O)c2cc1C. The Morgan fingerprint density at radius 3 is 2.55 bits per heavy atom. The van der Waals surface area contributed by atoms with Gasteiger partial charge in [-0.25, -0.2) is 4.68 Å². The third-order valence-corrected chi connectivity index (χ3v) is 5.83. The van der Waals surface area contributed by atoms with E-state index in [1.54, 1.807) is 10.7 Å². The zero-order valence-corrected chi connectivity index (χ0v) is 16.8. The molecule has 4 rings (SSSR count). The molecule has 2 aromatic heterocycles. The summed E-state index contributed by atoms with van der Waals surface area (Å²) in [6.07, 6.45) is 0. The summed E-state index contributed by atoms with van der Waals surface area (Å²) < 4.78 is 1.55. The lowest BCUT2D eigenvalue weighted by molar-refractivity contribution is -0.116. The van der Waals surface area contributed by atoms with E-state index in [0.717, 1.165) is 32.6 Å². The fourth-order valence-corrected chi connectivity index (χ4v) is 4.14. The number of primary amides is 1. The average Bonchev–Trinajstić information content (AvgIpc) is 3.28. The Morgan fingerprint density at radius 2 is 1.83 bits per heavy atom. The Morgan fingerprint density at radius 1 is 1.10 bits per heavy atom. The zero-order chi connectivity index (χ0) is 20.5. The van der Waals surface area contributed by atoms with Crippen molar-refractivity contribution in [3.8, 4) is 10.4 Å². The first-order chi connectivity index (χ1) is 13.9. The second-order valence-electron chi connectivity index (χ2n) is 6.80. The number of nitrogens with zero attached hydrogens (tertiary/aromatic N) is 3. The number of aryl methyl sites for hydroxylation is 2. The smallest absolute Gasteiger partial charge is 0.251 e. The van der Waals surface area contributed by atoms with Crippen LogP contribution in [0.3, 0.4) is 0 Å². The number of fused-ring (bicyclic) bond motifs is 1. The van der Waals surface area contributed by atoms with Crippen molar-refractivity contribution in [3.63, 3.8) is 0 Å². The van der Waals surface area contributed by atoms with Crippen molar-refractivity contribution in [2.75, 3.05) is 5.32 Å². The van der Waals surface area contributed by atoms with Gasteiger partial charge in [-0.1, -0.05) is 35.5 Å². The molecule has 0 radical (unpaired) electrons. The fourth-order valence-electron chi connectivity index (χ4n) is 3.05. The molecule has 2 aromatic carbocycles. The first-order valence-corrected chi connectivity index (χ1v) is 9.83. The van der Waals surface area contributed by atoms with Crippen LogP contribution in [-0.2, 0) is 11.3 Å². The highest BCUT2D eigenvalue weighted by Crippen LogP contribution is 2.35. The van der Waals surface area contributed by atoms with Crippen molar-refractivity contribution in [1.29, 1.82) is 0 Å². The second kappa shape index (κ2) is 7.48. The Bertz CT molecular complexity index is 1230. The number of nitrogens with one attached hydrogen (secondary N) is 1. The topological polar surface area (TPSA) is 103 Å². The van der Waals surface area contributed by atoms with E-state index in [2.05, 4.69) is 15.6 Å². The molecule has 7 nitrogen and oxygen atoms in total.